The molecule has 8 heteroatoms. The van der Waals surface area contributed by atoms with E-state index in [1.54, 1.807) is 11.4 Å². The van der Waals surface area contributed by atoms with E-state index in [-0.39, 0.29) is 5.56 Å². The summed E-state index contributed by atoms with van der Waals surface area (Å²) in [4.78, 5) is 29.9. The molecule has 3 heterocycles. The van der Waals surface area contributed by atoms with Crippen molar-refractivity contribution in [1.82, 2.24) is 23.1 Å². The molecule has 0 N–H and O–H groups in total. The van der Waals surface area contributed by atoms with Crippen molar-refractivity contribution in [1.29, 1.82) is 0 Å². The fraction of sp³-hybridized carbons (Fsp3) is 0.160. The van der Waals surface area contributed by atoms with Gasteiger partial charge in [0.15, 0.2) is 11.2 Å². The molecule has 0 atom stereocenters. The molecule has 0 radical (unpaired) electrons. The van der Waals surface area contributed by atoms with Gasteiger partial charge in [0.25, 0.3) is 5.56 Å². The number of hydrogen-bond donors (Lipinski definition) is 0. The number of hydrogen-bond acceptors (Lipinski definition) is 4. The smallest absolute Gasteiger partial charge is 0.332 e. The number of para-hydroxylation sites is 2. The molecule has 0 aliphatic carbocycles. The first-order valence-corrected chi connectivity index (χ1v) is 10.6. The Morgan fingerprint density at radius 2 is 1.70 bits per heavy atom. The first-order chi connectivity index (χ1) is 16.0. The Morgan fingerprint density at radius 3 is 2.48 bits per heavy atom. The summed E-state index contributed by atoms with van der Waals surface area (Å²) >= 11 is 0. The van der Waals surface area contributed by atoms with Gasteiger partial charge in [0.1, 0.15) is 12.4 Å². The Morgan fingerprint density at radius 1 is 0.970 bits per heavy atom. The fourth-order valence-electron chi connectivity index (χ4n) is 4.03. The minimum absolute atomic E-state index is 0.344. The van der Waals surface area contributed by atoms with E-state index in [0.717, 1.165) is 21.5 Å². The Bertz CT molecular complexity index is 1630. The Labute approximate surface area is 189 Å². The molecule has 0 unspecified atom stereocenters. The van der Waals surface area contributed by atoms with Crippen LogP contribution in [0.4, 0.5) is 0 Å². The SMILES string of the molecule is Cc1cn2c3c(=O)n(C)c(=O)n(C)c3nc2n1-c1ccccc1OC/C=C/c1ccccc1. The van der Waals surface area contributed by atoms with Crippen LogP contribution in [0.2, 0.25) is 0 Å². The van der Waals surface area contributed by atoms with E-state index in [9.17, 15) is 9.59 Å². The highest BCUT2D eigenvalue weighted by atomic mass is 16.5. The number of benzene rings is 2. The van der Waals surface area contributed by atoms with Crippen molar-refractivity contribution in [2.75, 3.05) is 6.61 Å². The second-order valence-electron chi connectivity index (χ2n) is 7.86. The average molecular weight is 441 g/mol. The molecule has 0 amide bonds. The highest BCUT2D eigenvalue weighted by Gasteiger charge is 2.20. The molecule has 0 bridgehead atoms. The summed E-state index contributed by atoms with van der Waals surface area (Å²) < 4.78 is 12.2. The van der Waals surface area contributed by atoms with Gasteiger partial charge in [0.2, 0.25) is 5.78 Å². The van der Waals surface area contributed by atoms with E-state index in [1.807, 2.05) is 84.4 Å². The van der Waals surface area contributed by atoms with Gasteiger partial charge >= 0.3 is 5.69 Å². The molecule has 3 aromatic heterocycles. The molecular formula is C25H23N5O3. The highest BCUT2D eigenvalue weighted by molar-refractivity contribution is 5.76. The van der Waals surface area contributed by atoms with E-state index >= 15 is 0 Å². The number of fused-ring (bicyclic) bond motifs is 3. The molecule has 0 fully saturated rings. The van der Waals surface area contributed by atoms with Gasteiger partial charge in [0.05, 0.1) is 5.69 Å². The van der Waals surface area contributed by atoms with Crippen LogP contribution < -0.4 is 16.0 Å². The Hall–Kier alpha value is -4.33. The maximum Gasteiger partial charge on any atom is 0.332 e. The van der Waals surface area contributed by atoms with E-state index in [0.29, 0.717) is 29.3 Å². The Kier molecular flexibility index (Phi) is 4.97. The third-order valence-corrected chi connectivity index (χ3v) is 5.69. The summed E-state index contributed by atoms with van der Waals surface area (Å²) in [5.41, 5.74) is 2.70. The highest BCUT2D eigenvalue weighted by Crippen LogP contribution is 2.28. The van der Waals surface area contributed by atoms with E-state index in [4.69, 9.17) is 4.74 Å². The number of aromatic nitrogens is 5. The van der Waals surface area contributed by atoms with E-state index in [1.165, 1.54) is 11.6 Å². The molecule has 0 aliphatic heterocycles. The lowest BCUT2D eigenvalue weighted by atomic mass is 10.2. The second kappa shape index (κ2) is 7.98. The number of imidazole rings is 2. The largest absolute Gasteiger partial charge is 0.487 e. The lowest BCUT2D eigenvalue weighted by molar-refractivity contribution is 0.362. The second-order valence-corrected chi connectivity index (χ2v) is 7.86. The van der Waals surface area contributed by atoms with Crippen LogP contribution in [0.5, 0.6) is 5.75 Å². The molecule has 33 heavy (non-hydrogen) atoms. The lowest BCUT2D eigenvalue weighted by Crippen LogP contribution is -2.37. The average Bonchev–Trinajstić information content (AvgIpc) is 3.34. The van der Waals surface area contributed by atoms with Crippen LogP contribution in [-0.2, 0) is 14.1 Å². The molecule has 0 saturated carbocycles. The molecular weight excluding hydrogens is 418 g/mol. The van der Waals surface area contributed by atoms with Crippen LogP contribution in [0, 0.1) is 6.92 Å². The first kappa shape index (κ1) is 20.6. The third kappa shape index (κ3) is 3.36. The minimum atomic E-state index is -0.412. The van der Waals surface area contributed by atoms with Gasteiger partial charge in [-0.25, -0.2) is 4.79 Å². The number of ether oxygens (including phenoxy) is 1. The topological polar surface area (TPSA) is 75.5 Å². The predicted molar refractivity (Wildman–Crippen MR) is 128 cm³/mol. The van der Waals surface area contributed by atoms with E-state index < -0.39 is 5.69 Å². The number of nitrogens with zero attached hydrogens (tertiary/aromatic N) is 5. The van der Waals surface area contributed by atoms with Crippen molar-refractivity contribution in [3.63, 3.8) is 0 Å². The van der Waals surface area contributed by atoms with Crippen molar-refractivity contribution < 1.29 is 4.74 Å². The summed E-state index contributed by atoms with van der Waals surface area (Å²) in [5.74, 6) is 1.22. The molecule has 0 spiro atoms. The monoisotopic (exact) mass is 441 g/mol. The van der Waals surface area contributed by atoms with Crippen molar-refractivity contribution in [3.05, 3.63) is 99.0 Å². The van der Waals surface area contributed by atoms with E-state index in [2.05, 4.69) is 4.98 Å². The molecule has 0 saturated heterocycles. The molecule has 5 rings (SSSR count). The lowest BCUT2D eigenvalue weighted by Gasteiger charge is -2.12. The summed E-state index contributed by atoms with van der Waals surface area (Å²) in [6.07, 6.45) is 5.83. The molecule has 0 aliphatic rings. The third-order valence-electron chi connectivity index (χ3n) is 5.69. The van der Waals surface area contributed by atoms with Crippen LogP contribution in [-0.4, -0.2) is 29.7 Å². The standard InChI is InChI=1S/C25H23N5O3/c1-17-16-29-21-22(27(2)25(32)28(3)23(21)31)26-24(29)30(17)19-13-7-8-14-20(19)33-15-9-12-18-10-5-4-6-11-18/h4-14,16H,15H2,1-3H3/b12-9+. The number of aryl methyl sites for hydroxylation is 2. The van der Waals surface area contributed by atoms with Crippen molar-refractivity contribution in [2.24, 2.45) is 14.1 Å². The fourth-order valence-corrected chi connectivity index (χ4v) is 4.03. The van der Waals surface area contributed by atoms with Crippen molar-refractivity contribution in [2.45, 2.75) is 6.92 Å². The van der Waals surface area contributed by atoms with Crippen LogP contribution >= 0.6 is 0 Å². The maximum absolute atomic E-state index is 12.8. The zero-order valence-corrected chi connectivity index (χ0v) is 18.6. The first-order valence-electron chi connectivity index (χ1n) is 10.6. The summed E-state index contributed by atoms with van der Waals surface area (Å²) in [5, 5.41) is 0. The van der Waals surface area contributed by atoms with Crippen LogP contribution in [0.3, 0.4) is 0 Å². The zero-order chi connectivity index (χ0) is 23.1. The molecule has 5 aromatic rings. The Balaban J connectivity index is 1.59. The van der Waals surface area contributed by atoms with Gasteiger partial charge in [-0.2, -0.15) is 4.98 Å². The summed E-state index contributed by atoms with van der Waals surface area (Å²) in [7, 11) is 3.09. The van der Waals surface area contributed by atoms with Gasteiger partial charge in [-0.1, -0.05) is 48.5 Å². The molecule has 166 valence electrons. The van der Waals surface area contributed by atoms with Gasteiger partial charge in [-0.3, -0.25) is 22.9 Å². The van der Waals surface area contributed by atoms with Crippen LogP contribution in [0.25, 0.3) is 28.7 Å². The molecule has 2 aromatic carbocycles. The van der Waals surface area contributed by atoms with Gasteiger partial charge < -0.3 is 4.74 Å². The predicted octanol–water partition coefficient (Wildman–Crippen LogP) is 3.08. The van der Waals surface area contributed by atoms with Gasteiger partial charge in [0, 0.05) is 26.0 Å². The van der Waals surface area contributed by atoms with Crippen molar-refractivity contribution >= 4 is 23.0 Å². The van der Waals surface area contributed by atoms with Crippen LogP contribution in [0.1, 0.15) is 11.3 Å². The number of rotatable bonds is 5. The normalized spacial score (nSPS) is 11.7. The zero-order valence-electron chi connectivity index (χ0n) is 18.6. The summed E-state index contributed by atoms with van der Waals surface area (Å²) in [6, 6.07) is 17.7. The van der Waals surface area contributed by atoms with Crippen molar-refractivity contribution in [3.8, 4) is 11.4 Å². The molecule has 8 nitrogen and oxygen atoms in total. The van der Waals surface area contributed by atoms with Gasteiger partial charge in [-0.05, 0) is 30.7 Å². The maximum atomic E-state index is 12.8. The minimum Gasteiger partial charge on any atom is -0.487 e. The van der Waals surface area contributed by atoms with Crippen LogP contribution in [0.15, 0.2) is 76.5 Å². The van der Waals surface area contributed by atoms with Gasteiger partial charge in [-0.15, -0.1) is 0 Å². The quantitative estimate of drug-likeness (QED) is 0.420. The summed E-state index contributed by atoms with van der Waals surface area (Å²) in [6.45, 7) is 2.34.